The van der Waals surface area contributed by atoms with Crippen molar-refractivity contribution in [3.8, 4) is 5.88 Å². The van der Waals surface area contributed by atoms with Gasteiger partial charge in [0.15, 0.2) is 0 Å². The number of aromatic nitrogens is 1. The quantitative estimate of drug-likeness (QED) is 0.792. The van der Waals surface area contributed by atoms with E-state index >= 15 is 0 Å². The molecule has 0 saturated carbocycles. The van der Waals surface area contributed by atoms with E-state index in [4.69, 9.17) is 16.3 Å². The maximum atomic E-state index is 12.3. The van der Waals surface area contributed by atoms with Crippen molar-refractivity contribution in [1.82, 2.24) is 4.98 Å². The van der Waals surface area contributed by atoms with Crippen LogP contribution in [0.4, 0.5) is 8.78 Å². The molecular formula is C8H7BrClF2NO. The van der Waals surface area contributed by atoms with Gasteiger partial charge in [-0.3, -0.25) is 0 Å². The molecule has 0 atom stereocenters. The molecule has 0 unspecified atom stereocenters. The molecule has 0 spiro atoms. The third-order valence-corrected chi connectivity index (χ3v) is 2.50. The lowest BCUT2D eigenvalue weighted by atomic mass is 10.2. The first-order valence-corrected chi connectivity index (χ1v) is 5.17. The molecule has 0 fully saturated rings. The number of alkyl halides is 3. The van der Waals surface area contributed by atoms with Gasteiger partial charge in [-0.15, -0.1) is 0 Å². The van der Waals surface area contributed by atoms with Gasteiger partial charge in [0, 0.05) is 10.9 Å². The predicted octanol–water partition coefficient (Wildman–Crippen LogP) is 3.58. The largest absolute Gasteiger partial charge is 0.481 e. The van der Waals surface area contributed by atoms with Gasteiger partial charge >= 0.3 is 0 Å². The molecule has 1 heterocycles. The summed E-state index contributed by atoms with van der Waals surface area (Å²) in [6.07, 6.45) is -2.65. The lowest BCUT2D eigenvalue weighted by Gasteiger charge is -2.09. The summed E-state index contributed by atoms with van der Waals surface area (Å²) in [7, 11) is 1.36. The SMILES string of the molecule is COc1nc(C(F)F)cc(Cl)c1CBr. The fraction of sp³-hybridized carbons (Fsp3) is 0.375. The molecule has 1 aromatic heterocycles. The van der Waals surface area contributed by atoms with E-state index in [0.29, 0.717) is 10.9 Å². The molecule has 0 N–H and O–H groups in total. The summed E-state index contributed by atoms with van der Waals surface area (Å²) >= 11 is 8.94. The van der Waals surface area contributed by atoms with Gasteiger partial charge in [-0.2, -0.15) is 0 Å². The molecule has 14 heavy (non-hydrogen) atoms. The molecule has 0 aliphatic heterocycles. The van der Waals surface area contributed by atoms with E-state index < -0.39 is 6.43 Å². The fourth-order valence-electron chi connectivity index (χ4n) is 0.938. The van der Waals surface area contributed by atoms with Crippen LogP contribution in [0.25, 0.3) is 0 Å². The third-order valence-electron chi connectivity index (χ3n) is 1.60. The van der Waals surface area contributed by atoms with Gasteiger partial charge in [0.25, 0.3) is 6.43 Å². The zero-order valence-corrected chi connectivity index (χ0v) is 9.57. The number of rotatable bonds is 3. The molecule has 78 valence electrons. The van der Waals surface area contributed by atoms with Gasteiger partial charge < -0.3 is 4.74 Å². The van der Waals surface area contributed by atoms with E-state index in [9.17, 15) is 8.78 Å². The molecule has 0 amide bonds. The van der Waals surface area contributed by atoms with Crippen molar-refractivity contribution < 1.29 is 13.5 Å². The van der Waals surface area contributed by atoms with Crippen LogP contribution in [0.1, 0.15) is 17.7 Å². The number of halogens is 4. The summed E-state index contributed by atoms with van der Waals surface area (Å²) in [6, 6.07) is 1.14. The number of hydrogen-bond donors (Lipinski definition) is 0. The number of nitrogens with zero attached hydrogens (tertiary/aromatic N) is 1. The summed E-state index contributed by atoms with van der Waals surface area (Å²) in [4.78, 5) is 3.64. The highest BCUT2D eigenvalue weighted by Crippen LogP contribution is 2.30. The maximum absolute atomic E-state index is 12.3. The van der Waals surface area contributed by atoms with Crippen molar-refractivity contribution >= 4 is 27.5 Å². The zero-order chi connectivity index (χ0) is 10.7. The zero-order valence-electron chi connectivity index (χ0n) is 7.23. The molecule has 1 rings (SSSR count). The maximum Gasteiger partial charge on any atom is 0.280 e. The molecule has 0 bridgehead atoms. The highest BCUT2D eigenvalue weighted by Gasteiger charge is 2.16. The molecule has 0 radical (unpaired) electrons. The molecule has 1 aromatic rings. The molecule has 0 aromatic carbocycles. The Morgan fingerprint density at radius 3 is 2.71 bits per heavy atom. The standard InChI is InChI=1S/C8H7BrClF2NO/c1-14-8-4(3-9)5(10)2-6(13-8)7(11)12/h2,7H,3H2,1H3. The van der Waals surface area contributed by atoms with Crippen LogP contribution in [0.2, 0.25) is 5.02 Å². The van der Waals surface area contributed by atoms with E-state index in [0.717, 1.165) is 6.07 Å². The van der Waals surface area contributed by atoms with Crippen molar-refractivity contribution in [1.29, 1.82) is 0 Å². The van der Waals surface area contributed by atoms with Gasteiger partial charge in [0.1, 0.15) is 5.69 Å². The molecule has 6 heteroatoms. The minimum absolute atomic E-state index is 0.129. The smallest absolute Gasteiger partial charge is 0.280 e. The Bertz CT molecular complexity index is 335. The molecule has 0 saturated heterocycles. The van der Waals surface area contributed by atoms with Crippen molar-refractivity contribution in [2.75, 3.05) is 7.11 Å². The minimum Gasteiger partial charge on any atom is -0.481 e. The van der Waals surface area contributed by atoms with Crippen LogP contribution < -0.4 is 4.74 Å². The predicted molar refractivity (Wildman–Crippen MR) is 53.4 cm³/mol. The van der Waals surface area contributed by atoms with Crippen molar-refractivity contribution in [3.05, 3.63) is 22.3 Å². The first-order valence-electron chi connectivity index (χ1n) is 3.67. The topological polar surface area (TPSA) is 22.1 Å². The number of pyridine rings is 1. The Morgan fingerprint density at radius 1 is 1.64 bits per heavy atom. The van der Waals surface area contributed by atoms with Gasteiger partial charge in [-0.1, -0.05) is 27.5 Å². The van der Waals surface area contributed by atoms with Crippen LogP contribution in [0.15, 0.2) is 6.07 Å². The second kappa shape index (κ2) is 4.89. The molecule has 2 nitrogen and oxygen atoms in total. The van der Waals surface area contributed by atoms with E-state index in [2.05, 4.69) is 20.9 Å². The summed E-state index contributed by atoms with van der Waals surface area (Å²) in [5.41, 5.74) is 0.190. The highest BCUT2D eigenvalue weighted by atomic mass is 79.9. The van der Waals surface area contributed by atoms with Gasteiger partial charge in [-0.25, -0.2) is 13.8 Å². The summed E-state index contributed by atoms with van der Waals surface area (Å²) in [5.74, 6) is 0.129. The number of hydrogen-bond acceptors (Lipinski definition) is 2. The van der Waals surface area contributed by atoms with E-state index in [1.165, 1.54) is 7.11 Å². The number of ether oxygens (including phenoxy) is 1. The summed E-state index contributed by atoms with van der Waals surface area (Å²) in [6.45, 7) is 0. The van der Waals surface area contributed by atoms with Gasteiger partial charge in [0.05, 0.1) is 12.1 Å². The Kier molecular flexibility index (Phi) is 4.07. The second-order valence-corrected chi connectivity index (χ2v) is 3.42. The Balaban J connectivity index is 3.24. The average Bonchev–Trinajstić information content (AvgIpc) is 2.16. The monoisotopic (exact) mass is 285 g/mol. The first kappa shape index (κ1) is 11.7. The Labute approximate surface area is 93.4 Å². The lowest BCUT2D eigenvalue weighted by Crippen LogP contribution is -1.99. The Morgan fingerprint density at radius 2 is 2.29 bits per heavy atom. The van der Waals surface area contributed by atoms with E-state index in [-0.39, 0.29) is 16.6 Å². The molecular weight excluding hydrogens is 279 g/mol. The first-order chi connectivity index (χ1) is 6.60. The van der Waals surface area contributed by atoms with Crippen LogP contribution in [0, 0.1) is 0 Å². The van der Waals surface area contributed by atoms with Crippen molar-refractivity contribution in [2.45, 2.75) is 11.8 Å². The minimum atomic E-state index is -2.65. The van der Waals surface area contributed by atoms with Crippen LogP contribution in [-0.4, -0.2) is 12.1 Å². The third kappa shape index (κ3) is 2.33. The van der Waals surface area contributed by atoms with Crippen LogP contribution in [-0.2, 0) is 5.33 Å². The van der Waals surface area contributed by atoms with E-state index in [1.54, 1.807) is 0 Å². The highest BCUT2D eigenvalue weighted by molar-refractivity contribution is 9.08. The molecule has 0 aliphatic carbocycles. The van der Waals surface area contributed by atoms with Gasteiger partial charge in [0.2, 0.25) is 5.88 Å². The van der Waals surface area contributed by atoms with Gasteiger partial charge in [-0.05, 0) is 6.07 Å². The summed E-state index contributed by atoms with van der Waals surface area (Å²) in [5, 5.41) is 0.634. The number of methoxy groups -OCH3 is 1. The average molecular weight is 287 g/mol. The Hall–Kier alpha value is -0.420. The fourth-order valence-corrected chi connectivity index (χ4v) is 1.90. The van der Waals surface area contributed by atoms with Crippen molar-refractivity contribution in [2.24, 2.45) is 0 Å². The van der Waals surface area contributed by atoms with Crippen LogP contribution in [0.5, 0.6) is 5.88 Å². The summed E-state index contributed by atoms with van der Waals surface area (Å²) < 4.78 is 29.5. The van der Waals surface area contributed by atoms with Crippen LogP contribution in [0.3, 0.4) is 0 Å². The lowest BCUT2D eigenvalue weighted by molar-refractivity contribution is 0.145. The normalized spacial score (nSPS) is 10.7. The molecule has 0 aliphatic rings. The second-order valence-electron chi connectivity index (χ2n) is 2.45. The van der Waals surface area contributed by atoms with E-state index in [1.807, 2.05) is 0 Å². The van der Waals surface area contributed by atoms with Crippen molar-refractivity contribution in [3.63, 3.8) is 0 Å². The van der Waals surface area contributed by atoms with Crippen LogP contribution >= 0.6 is 27.5 Å².